The minimum Gasteiger partial charge on any atom is -0.465 e. The van der Waals surface area contributed by atoms with Gasteiger partial charge in [0.25, 0.3) is 0 Å². The Bertz CT molecular complexity index is 1190. The zero-order chi connectivity index (χ0) is 24.2. The van der Waals surface area contributed by atoms with Gasteiger partial charge in [0.05, 0.1) is 17.6 Å². The summed E-state index contributed by atoms with van der Waals surface area (Å²) in [5, 5.41) is 0.491. The molecule has 0 saturated carbocycles. The number of fused-ring (bicyclic) bond motifs is 1. The van der Waals surface area contributed by atoms with Crippen LogP contribution in [0.5, 0.6) is 0 Å². The highest BCUT2D eigenvalue weighted by atomic mass is 35.5. The van der Waals surface area contributed by atoms with E-state index < -0.39 is 10.0 Å². The maximum absolute atomic E-state index is 12.5. The molecule has 1 N–H and O–H groups in total. The van der Waals surface area contributed by atoms with Crippen molar-refractivity contribution in [1.29, 1.82) is 0 Å². The molecule has 5 nitrogen and oxygen atoms in total. The van der Waals surface area contributed by atoms with Gasteiger partial charge in [0.1, 0.15) is 0 Å². The van der Waals surface area contributed by atoms with Crippen LogP contribution in [0, 0.1) is 0 Å². The zero-order valence-corrected chi connectivity index (χ0v) is 21.0. The maximum atomic E-state index is 12.5. The molecule has 0 aliphatic heterocycles. The Balaban J connectivity index is 1.74. The first-order chi connectivity index (χ1) is 15.6. The minimum atomic E-state index is -3.58. The van der Waals surface area contributed by atoms with Crippen molar-refractivity contribution in [3.8, 4) is 11.1 Å². The number of rotatable bonds is 9. The monoisotopic (exact) mass is 487 g/mol. The van der Waals surface area contributed by atoms with E-state index in [2.05, 4.69) is 43.7 Å². The molecule has 0 fully saturated rings. The van der Waals surface area contributed by atoms with E-state index in [0.29, 0.717) is 29.5 Å². The highest BCUT2D eigenvalue weighted by Gasteiger charge is 2.23. The Morgan fingerprint density at radius 2 is 1.64 bits per heavy atom. The fraction of sp³-hybridized carbons (Fsp3) is 0.346. The third kappa shape index (κ3) is 5.94. The van der Waals surface area contributed by atoms with Crippen LogP contribution < -0.4 is 4.72 Å². The lowest BCUT2D eigenvalue weighted by Gasteiger charge is -2.13. The number of halogens is 1. The summed E-state index contributed by atoms with van der Waals surface area (Å²) in [6.45, 7) is 6.69. The lowest BCUT2D eigenvalue weighted by Crippen LogP contribution is -2.25. The number of nitrogens with one attached hydrogen (secondary N) is 1. The summed E-state index contributed by atoms with van der Waals surface area (Å²) in [6, 6.07) is 16.2. The van der Waals surface area contributed by atoms with E-state index in [1.165, 1.54) is 24.8 Å². The van der Waals surface area contributed by atoms with E-state index in [0.717, 1.165) is 23.1 Å². The topological polar surface area (TPSA) is 72.5 Å². The van der Waals surface area contributed by atoms with Gasteiger partial charge in [0.15, 0.2) is 0 Å². The molecule has 0 radical (unpaired) electrons. The Hall–Kier alpha value is -2.41. The Morgan fingerprint density at radius 3 is 2.24 bits per heavy atom. The van der Waals surface area contributed by atoms with E-state index in [4.69, 9.17) is 16.3 Å². The number of carbonyl (C=O) groups is 1. The molecular formula is C26H30ClNO4S. The van der Waals surface area contributed by atoms with Crippen molar-refractivity contribution < 1.29 is 17.9 Å². The van der Waals surface area contributed by atoms with Gasteiger partial charge in [-0.2, -0.15) is 0 Å². The average Bonchev–Trinajstić information content (AvgIpc) is 3.00. The van der Waals surface area contributed by atoms with Crippen molar-refractivity contribution in [2.45, 2.75) is 50.3 Å². The van der Waals surface area contributed by atoms with E-state index >= 15 is 0 Å². The standard InChI is InChI=1S/C26H30ClNO4S/c1-17(2)19-7-13-22-23(14-8-19)25(26(29)32-4)16-24(22)18(3)6-5-15-28-33(30,31)21-11-9-20(27)10-12-21/h7-14,16-18,28H,5-6,15H2,1-4H3. The fourth-order valence-electron chi connectivity index (χ4n) is 3.93. The van der Waals surface area contributed by atoms with Crippen LogP contribution in [-0.4, -0.2) is 28.0 Å². The lowest BCUT2D eigenvalue weighted by molar-refractivity contribution is 0.0602. The van der Waals surface area contributed by atoms with Crippen LogP contribution >= 0.6 is 11.6 Å². The molecule has 1 aromatic carbocycles. The van der Waals surface area contributed by atoms with Gasteiger partial charge < -0.3 is 4.74 Å². The summed E-state index contributed by atoms with van der Waals surface area (Å²) < 4.78 is 32.6. The summed E-state index contributed by atoms with van der Waals surface area (Å²) >= 11 is 5.84. The molecule has 0 amide bonds. The SMILES string of the molecule is COC(=O)c1cc(C(C)CCCNS(=O)(=O)c2ccc(Cl)cc2)c2ccc(C(C)C)ccc1-2. The van der Waals surface area contributed by atoms with Gasteiger partial charge in [-0.25, -0.2) is 17.9 Å². The highest BCUT2D eigenvalue weighted by Crippen LogP contribution is 2.38. The van der Waals surface area contributed by atoms with Crippen molar-refractivity contribution in [2.24, 2.45) is 0 Å². The van der Waals surface area contributed by atoms with Gasteiger partial charge in [0.2, 0.25) is 10.0 Å². The van der Waals surface area contributed by atoms with Gasteiger partial charge >= 0.3 is 5.97 Å². The molecule has 176 valence electrons. The molecule has 33 heavy (non-hydrogen) atoms. The van der Waals surface area contributed by atoms with Gasteiger partial charge in [-0.05, 0) is 77.3 Å². The molecule has 2 aliphatic rings. The third-order valence-corrected chi connectivity index (χ3v) is 7.64. The van der Waals surface area contributed by atoms with E-state index in [9.17, 15) is 13.2 Å². The van der Waals surface area contributed by atoms with E-state index in [1.54, 1.807) is 12.1 Å². The van der Waals surface area contributed by atoms with Crippen LogP contribution in [0.15, 0.2) is 59.5 Å². The number of carbonyl (C=O) groups excluding carboxylic acids is 1. The summed E-state index contributed by atoms with van der Waals surface area (Å²) in [5.41, 5.74) is 4.72. The fourth-order valence-corrected chi connectivity index (χ4v) is 5.13. The first-order valence-corrected chi connectivity index (χ1v) is 12.9. The van der Waals surface area contributed by atoms with Gasteiger partial charge in [-0.3, -0.25) is 0 Å². The van der Waals surface area contributed by atoms with Crippen LogP contribution in [0.3, 0.4) is 0 Å². The van der Waals surface area contributed by atoms with Crippen molar-refractivity contribution >= 4 is 27.6 Å². The number of hydrogen-bond donors (Lipinski definition) is 1. The highest BCUT2D eigenvalue weighted by molar-refractivity contribution is 7.89. The maximum Gasteiger partial charge on any atom is 0.338 e. The van der Waals surface area contributed by atoms with Crippen LogP contribution in [0.1, 0.15) is 66.9 Å². The molecule has 7 heteroatoms. The third-order valence-electron chi connectivity index (χ3n) is 5.91. The Morgan fingerprint density at radius 1 is 1.00 bits per heavy atom. The van der Waals surface area contributed by atoms with E-state index in [-0.39, 0.29) is 16.8 Å². The summed E-state index contributed by atoms with van der Waals surface area (Å²) in [6.07, 6.45) is 1.42. The number of sulfonamides is 1. The average molecular weight is 488 g/mol. The molecule has 0 heterocycles. The first-order valence-electron chi connectivity index (χ1n) is 11.0. The molecule has 3 rings (SSSR count). The van der Waals surface area contributed by atoms with Gasteiger partial charge in [-0.15, -0.1) is 0 Å². The number of benzene rings is 1. The van der Waals surface area contributed by atoms with Crippen molar-refractivity contribution in [1.82, 2.24) is 4.72 Å². The van der Waals surface area contributed by atoms with Gasteiger partial charge in [-0.1, -0.05) is 56.6 Å². The second-order valence-corrected chi connectivity index (χ2v) is 10.8. The number of hydrogen-bond acceptors (Lipinski definition) is 4. The normalized spacial score (nSPS) is 12.8. The van der Waals surface area contributed by atoms with E-state index in [1.807, 2.05) is 12.1 Å². The Labute approximate surface area is 201 Å². The zero-order valence-electron chi connectivity index (χ0n) is 19.4. The van der Waals surface area contributed by atoms with Crippen molar-refractivity contribution in [2.75, 3.05) is 13.7 Å². The van der Waals surface area contributed by atoms with Gasteiger partial charge in [0, 0.05) is 11.6 Å². The molecular weight excluding hydrogens is 458 g/mol. The lowest BCUT2D eigenvalue weighted by atomic mass is 9.94. The molecule has 0 spiro atoms. The predicted octanol–water partition coefficient (Wildman–Crippen LogP) is 6.22. The van der Waals surface area contributed by atoms with Crippen LogP contribution in [-0.2, 0) is 14.8 Å². The predicted molar refractivity (Wildman–Crippen MR) is 133 cm³/mol. The molecule has 1 aromatic rings. The summed E-state index contributed by atoms with van der Waals surface area (Å²) in [7, 11) is -2.19. The molecule has 1 atom stereocenters. The summed E-state index contributed by atoms with van der Waals surface area (Å²) in [4.78, 5) is 12.6. The first kappa shape index (κ1) is 25.2. The van der Waals surface area contributed by atoms with Crippen LogP contribution in [0.4, 0.5) is 0 Å². The molecule has 0 bridgehead atoms. The molecule has 2 aliphatic carbocycles. The van der Waals surface area contributed by atoms with Crippen LogP contribution in [0.25, 0.3) is 11.1 Å². The number of methoxy groups -OCH3 is 1. The minimum absolute atomic E-state index is 0.135. The Kier molecular flexibility index (Phi) is 8.16. The second-order valence-electron chi connectivity index (χ2n) is 8.55. The van der Waals surface area contributed by atoms with Crippen molar-refractivity contribution in [3.63, 3.8) is 0 Å². The number of ether oxygens (including phenoxy) is 1. The smallest absolute Gasteiger partial charge is 0.338 e. The quantitative estimate of drug-likeness (QED) is 0.287. The van der Waals surface area contributed by atoms with Crippen LogP contribution in [0.2, 0.25) is 5.02 Å². The number of esters is 1. The molecule has 0 saturated heterocycles. The second kappa shape index (κ2) is 10.7. The largest absolute Gasteiger partial charge is 0.465 e. The molecule has 1 unspecified atom stereocenters. The van der Waals surface area contributed by atoms with Crippen molar-refractivity contribution in [3.05, 3.63) is 76.3 Å². The molecule has 0 aromatic heterocycles. The summed E-state index contributed by atoms with van der Waals surface area (Å²) in [5.74, 6) is 0.153.